The minimum atomic E-state index is -0.785. The van der Waals surface area contributed by atoms with E-state index in [1.54, 1.807) is 17.4 Å². The van der Waals surface area contributed by atoms with E-state index in [9.17, 15) is 14.9 Å². The highest BCUT2D eigenvalue weighted by Gasteiger charge is 2.19. The Morgan fingerprint density at radius 3 is 2.06 bits per heavy atom. The second kappa shape index (κ2) is 16.2. The summed E-state index contributed by atoms with van der Waals surface area (Å²) in [5.74, 6) is -1.17. The molecule has 0 saturated carbocycles. The summed E-state index contributed by atoms with van der Waals surface area (Å²) in [7, 11) is 0. The fraction of sp³-hybridized carbons (Fsp3) is 0.326. The van der Waals surface area contributed by atoms with Crippen molar-refractivity contribution < 1.29 is 14.7 Å². The molecule has 6 rings (SSSR count). The van der Waals surface area contributed by atoms with Gasteiger partial charge in [-0.1, -0.05) is 94.1 Å². The van der Waals surface area contributed by atoms with Crippen LogP contribution in [-0.4, -0.2) is 36.6 Å². The smallest absolute Gasteiger partial charge is 0.303 e. The molecular formula is C43H45N3O3S. The fourth-order valence-corrected chi connectivity index (χ4v) is 8.15. The lowest BCUT2D eigenvalue weighted by atomic mass is 9.87. The number of carboxylic acid groups (broad SMARTS) is 1. The quantitative estimate of drug-likeness (QED) is 0.0328. The van der Waals surface area contributed by atoms with Crippen molar-refractivity contribution in [3.05, 3.63) is 83.2 Å². The van der Waals surface area contributed by atoms with Crippen LogP contribution >= 0.6 is 11.3 Å². The van der Waals surface area contributed by atoms with Gasteiger partial charge in [-0.2, -0.15) is 5.26 Å². The molecule has 0 aliphatic rings. The van der Waals surface area contributed by atoms with Crippen LogP contribution in [0.4, 0.5) is 5.69 Å². The molecule has 2 N–H and O–H groups in total. The fourth-order valence-electron chi connectivity index (χ4n) is 7.16. The predicted octanol–water partition coefficient (Wildman–Crippen LogP) is 10.9. The third kappa shape index (κ3) is 7.32. The molecule has 6 nitrogen and oxygen atoms in total. The standard InChI is InChI=1S/C43H45N3O3S/c1-3-5-25-46(26-6-4-2)38-22-21-36-33-14-11-13-32-31(19-20-35(41(32)33)34-15-12-16-37(38)42(34)36)39-23-18-30(50-39)27-29(28-44)43(49)45-24-10-8-7-9-17-40(47)48/h11-16,18-23,27H,3-10,17,24-26H2,1-2H3,(H,45,49)(H,47,48). The van der Waals surface area contributed by atoms with Crippen LogP contribution in [0.2, 0.25) is 0 Å². The third-order valence-electron chi connectivity index (χ3n) is 9.69. The van der Waals surface area contributed by atoms with Crippen molar-refractivity contribution in [2.24, 2.45) is 0 Å². The van der Waals surface area contributed by atoms with Gasteiger partial charge in [0.1, 0.15) is 11.6 Å². The molecule has 0 aliphatic carbocycles. The zero-order valence-electron chi connectivity index (χ0n) is 29.1. The minimum Gasteiger partial charge on any atom is -0.481 e. The summed E-state index contributed by atoms with van der Waals surface area (Å²) in [4.78, 5) is 28.0. The van der Waals surface area contributed by atoms with E-state index in [2.05, 4.69) is 96.9 Å². The lowest BCUT2D eigenvalue weighted by molar-refractivity contribution is -0.137. The van der Waals surface area contributed by atoms with E-state index in [1.165, 1.54) is 74.5 Å². The number of amides is 1. The van der Waals surface area contributed by atoms with Gasteiger partial charge in [-0.15, -0.1) is 11.3 Å². The Hall–Kier alpha value is -4.93. The van der Waals surface area contributed by atoms with Crippen molar-refractivity contribution in [1.29, 1.82) is 5.26 Å². The van der Waals surface area contributed by atoms with Gasteiger partial charge in [0.2, 0.25) is 0 Å². The number of hydrogen-bond donors (Lipinski definition) is 2. The normalized spacial score (nSPS) is 11.9. The van der Waals surface area contributed by atoms with Crippen LogP contribution < -0.4 is 10.2 Å². The molecule has 6 aromatic rings. The molecule has 0 bridgehead atoms. The highest BCUT2D eigenvalue weighted by atomic mass is 32.1. The maximum absolute atomic E-state index is 12.8. The number of hydrogen-bond acceptors (Lipinski definition) is 5. The van der Waals surface area contributed by atoms with E-state index in [-0.39, 0.29) is 17.9 Å². The van der Waals surface area contributed by atoms with Gasteiger partial charge in [0, 0.05) is 46.9 Å². The zero-order chi connectivity index (χ0) is 35.0. The van der Waals surface area contributed by atoms with E-state index in [1.807, 2.05) is 6.07 Å². The first kappa shape index (κ1) is 34.9. The Bertz CT molecular complexity index is 2180. The molecule has 7 heteroatoms. The molecule has 0 unspecified atom stereocenters. The molecule has 1 aromatic heterocycles. The molecule has 0 fully saturated rings. The van der Waals surface area contributed by atoms with Crippen molar-refractivity contribution in [1.82, 2.24) is 5.32 Å². The zero-order valence-corrected chi connectivity index (χ0v) is 29.9. The topological polar surface area (TPSA) is 93.4 Å². The summed E-state index contributed by atoms with van der Waals surface area (Å²) in [6.07, 6.45) is 9.57. The van der Waals surface area contributed by atoms with Crippen LogP contribution in [0.1, 0.15) is 76.5 Å². The Kier molecular flexibility index (Phi) is 11.3. The van der Waals surface area contributed by atoms with Gasteiger partial charge in [0.05, 0.1) is 0 Å². The molecule has 256 valence electrons. The Morgan fingerprint density at radius 1 is 0.760 bits per heavy atom. The second-order valence-corrected chi connectivity index (χ2v) is 14.2. The molecule has 5 aromatic carbocycles. The average molecular weight is 684 g/mol. The van der Waals surface area contributed by atoms with E-state index < -0.39 is 5.97 Å². The molecule has 0 atom stereocenters. The monoisotopic (exact) mass is 683 g/mol. The second-order valence-electron chi connectivity index (χ2n) is 13.1. The maximum atomic E-state index is 12.8. The Labute approximate surface area is 298 Å². The first-order valence-corrected chi connectivity index (χ1v) is 18.9. The lowest BCUT2D eigenvalue weighted by Gasteiger charge is -2.27. The summed E-state index contributed by atoms with van der Waals surface area (Å²) in [5.41, 5.74) is 2.55. The molecule has 0 aliphatic heterocycles. The summed E-state index contributed by atoms with van der Waals surface area (Å²) in [6, 6.07) is 28.7. The average Bonchev–Trinajstić information content (AvgIpc) is 3.60. The number of carboxylic acids is 1. The Morgan fingerprint density at radius 2 is 1.38 bits per heavy atom. The molecular weight excluding hydrogens is 639 g/mol. The first-order chi connectivity index (χ1) is 24.4. The SMILES string of the molecule is CCCCN(CCCC)c1ccc2c3cccc4c(-c5ccc(C=C(C#N)C(=O)NCCCCCCC(=O)O)s5)ccc(c5cccc1c52)c43. The highest BCUT2D eigenvalue weighted by Crippen LogP contribution is 2.45. The number of carbonyl (C=O) groups excluding carboxylic acids is 1. The van der Waals surface area contributed by atoms with E-state index in [4.69, 9.17) is 5.11 Å². The van der Waals surface area contributed by atoms with Crippen LogP contribution in [-0.2, 0) is 9.59 Å². The molecule has 0 saturated heterocycles. The number of unbranched alkanes of at least 4 members (excludes halogenated alkanes) is 5. The number of benzene rings is 5. The molecule has 50 heavy (non-hydrogen) atoms. The van der Waals surface area contributed by atoms with Crippen LogP contribution in [0.25, 0.3) is 59.6 Å². The van der Waals surface area contributed by atoms with Gasteiger partial charge >= 0.3 is 5.97 Å². The summed E-state index contributed by atoms with van der Waals surface area (Å²) in [5, 5.41) is 31.6. The van der Waals surface area contributed by atoms with Crippen molar-refractivity contribution >= 4 is 78.1 Å². The van der Waals surface area contributed by atoms with Gasteiger partial charge in [-0.05, 0) is 93.2 Å². The highest BCUT2D eigenvalue weighted by molar-refractivity contribution is 7.16. The number of nitriles is 1. The number of thiophene rings is 1. The van der Waals surface area contributed by atoms with Crippen LogP contribution in [0, 0.1) is 11.3 Å². The summed E-state index contributed by atoms with van der Waals surface area (Å²) < 4.78 is 0. The lowest BCUT2D eigenvalue weighted by Crippen LogP contribution is -2.25. The van der Waals surface area contributed by atoms with Gasteiger partial charge in [0.15, 0.2) is 0 Å². The Balaban J connectivity index is 1.31. The van der Waals surface area contributed by atoms with Crippen molar-refractivity contribution in [3.63, 3.8) is 0 Å². The molecule has 0 radical (unpaired) electrons. The molecule has 0 spiro atoms. The predicted molar refractivity (Wildman–Crippen MR) is 210 cm³/mol. The van der Waals surface area contributed by atoms with Crippen molar-refractivity contribution in [2.45, 2.75) is 71.6 Å². The van der Waals surface area contributed by atoms with E-state index in [0.29, 0.717) is 13.0 Å². The summed E-state index contributed by atoms with van der Waals surface area (Å²) in [6.45, 7) is 7.12. The maximum Gasteiger partial charge on any atom is 0.303 e. The van der Waals surface area contributed by atoms with Gasteiger partial charge in [0.25, 0.3) is 5.91 Å². The number of nitrogens with zero attached hydrogens (tertiary/aromatic N) is 2. The number of nitrogens with one attached hydrogen (secondary N) is 1. The number of anilines is 1. The van der Waals surface area contributed by atoms with Gasteiger partial charge in [-0.25, -0.2) is 0 Å². The number of rotatable bonds is 17. The third-order valence-corrected chi connectivity index (χ3v) is 10.8. The number of aliphatic carboxylic acids is 1. The number of fused-ring (bicyclic) bond motifs is 2. The van der Waals surface area contributed by atoms with Crippen LogP contribution in [0.15, 0.2) is 78.4 Å². The van der Waals surface area contributed by atoms with Gasteiger partial charge < -0.3 is 15.3 Å². The molecule has 1 heterocycles. The van der Waals surface area contributed by atoms with Crippen LogP contribution in [0.5, 0.6) is 0 Å². The van der Waals surface area contributed by atoms with Gasteiger partial charge in [-0.3, -0.25) is 9.59 Å². The minimum absolute atomic E-state index is 0.0770. The van der Waals surface area contributed by atoms with E-state index >= 15 is 0 Å². The largest absolute Gasteiger partial charge is 0.481 e. The molecule has 1 amide bonds. The van der Waals surface area contributed by atoms with Crippen molar-refractivity contribution in [2.75, 3.05) is 24.5 Å². The number of carbonyl (C=O) groups is 2. The van der Waals surface area contributed by atoms with E-state index in [0.717, 1.165) is 47.7 Å². The van der Waals surface area contributed by atoms with Crippen LogP contribution in [0.3, 0.4) is 0 Å². The van der Waals surface area contributed by atoms with Crippen molar-refractivity contribution in [3.8, 4) is 16.5 Å². The summed E-state index contributed by atoms with van der Waals surface area (Å²) >= 11 is 1.58. The first-order valence-electron chi connectivity index (χ1n) is 18.0.